The predicted octanol–water partition coefficient (Wildman–Crippen LogP) is 2.48. The van der Waals surface area contributed by atoms with Crippen LogP contribution in [0.3, 0.4) is 0 Å². The van der Waals surface area contributed by atoms with Gasteiger partial charge in [-0.15, -0.1) is 0 Å². The number of benzene rings is 1. The van der Waals surface area contributed by atoms with Crippen LogP contribution in [0.5, 0.6) is 5.75 Å². The lowest BCUT2D eigenvalue weighted by Gasteiger charge is -2.27. The first-order chi connectivity index (χ1) is 16.9. The summed E-state index contributed by atoms with van der Waals surface area (Å²) in [5, 5.41) is 8.17. The molecule has 1 aliphatic heterocycles. The fourth-order valence-electron chi connectivity index (χ4n) is 4.28. The predicted molar refractivity (Wildman–Crippen MR) is 136 cm³/mol. The van der Waals surface area contributed by atoms with E-state index >= 15 is 0 Å². The maximum absolute atomic E-state index is 13.6. The maximum Gasteiger partial charge on any atom is 0.257 e. The van der Waals surface area contributed by atoms with Gasteiger partial charge in [0.2, 0.25) is 0 Å². The van der Waals surface area contributed by atoms with Crippen LogP contribution in [0.25, 0.3) is 5.65 Å². The van der Waals surface area contributed by atoms with Crippen LogP contribution < -0.4 is 20.7 Å². The van der Waals surface area contributed by atoms with Gasteiger partial charge in [-0.3, -0.25) is 4.79 Å². The van der Waals surface area contributed by atoms with E-state index in [0.717, 1.165) is 22.9 Å². The van der Waals surface area contributed by atoms with Gasteiger partial charge in [-0.05, 0) is 25.5 Å². The minimum atomic E-state index is -0.229. The molecular weight excluding hydrogens is 446 g/mol. The van der Waals surface area contributed by atoms with Gasteiger partial charge in [0.05, 0.1) is 30.5 Å². The van der Waals surface area contributed by atoms with Crippen molar-refractivity contribution in [3.05, 3.63) is 47.2 Å². The molecule has 2 aromatic heterocycles. The molecule has 0 saturated heterocycles. The standard InChI is InChI=1S/C25H35N7O3/c1-5-20-19-15-23-28-22(27-9-8-26)16-24(32(23)29-19)30(3)10-11-34-12-13-35-21-7-6-17(2)14-18(21)25(33)31(20)4/h6-7,14-16,20H,5,8-13,26H2,1-4H3,(H,27,28)/t20-/m0/s1. The molecule has 1 aliphatic rings. The second kappa shape index (κ2) is 10.9. The molecule has 1 atom stereocenters. The molecule has 3 N–H and O–H groups in total. The van der Waals surface area contributed by atoms with Gasteiger partial charge in [-0.1, -0.05) is 18.6 Å². The lowest BCUT2D eigenvalue weighted by atomic mass is 10.1. The van der Waals surface area contributed by atoms with E-state index in [1.165, 1.54) is 0 Å². The molecule has 3 heterocycles. The minimum Gasteiger partial charge on any atom is -0.490 e. The number of carbonyl (C=O) groups is 1. The molecule has 4 rings (SSSR count). The Labute approximate surface area is 206 Å². The smallest absolute Gasteiger partial charge is 0.257 e. The van der Waals surface area contributed by atoms with Gasteiger partial charge in [0.1, 0.15) is 24.0 Å². The summed E-state index contributed by atoms with van der Waals surface area (Å²) in [4.78, 5) is 22.2. The van der Waals surface area contributed by atoms with Crippen molar-refractivity contribution >= 4 is 23.2 Å². The zero-order chi connectivity index (χ0) is 24.9. The third kappa shape index (κ3) is 5.33. The van der Waals surface area contributed by atoms with Crippen molar-refractivity contribution in [1.29, 1.82) is 0 Å². The Morgan fingerprint density at radius 1 is 1.17 bits per heavy atom. The highest BCUT2D eigenvalue weighted by Crippen LogP contribution is 2.30. The average molecular weight is 482 g/mol. The highest BCUT2D eigenvalue weighted by molar-refractivity contribution is 5.97. The number of anilines is 2. The number of rotatable bonds is 4. The number of nitrogens with one attached hydrogen (secondary N) is 1. The summed E-state index contributed by atoms with van der Waals surface area (Å²) in [5.41, 5.74) is 8.69. The Hall–Kier alpha value is -3.37. The summed E-state index contributed by atoms with van der Waals surface area (Å²) in [6.07, 6.45) is 0.700. The van der Waals surface area contributed by atoms with E-state index in [2.05, 4.69) is 17.1 Å². The number of hydrogen-bond donors (Lipinski definition) is 2. The number of nitrogens with two attached hydrogens (primary N) is 1. The van der Waals surface area contributed by atoms with Gasteiger partial charge in [0.25, 0.3) is 5.91 Å². The van der Waals surface area contributed by atoms with Crippen molar-refractivity contribution in [1.82, 2.24) is 19.5 Å². The van der Waals surface area contributed by atoms with E-state index in [9.17, 15) is 4.79 Å². The molecule has 1 aromatic carbocycles. The molecule has 0 spiro atoms. The summed E-state index contributed by atoms with van der Waals surface area (Å²) in [5.74, 6) is 2.05. The molecule has 10 nitrogen and oxygen atoms in total. The molecule has 10 heteroatoms. The van der Waals surface area contributed by atoms with Crippen molar-refractivity contribution in [3.63, 3.8) is 0 Å². The first-order valence-electron chi connectivity index (χ1n) is 12.1. The van der Waals surface area contributed by atoms with Gasteiger partial charge in [-0.2, -0.15) is 9.61 Å². The molecule has 0 aliphatic carbocycles. The highest BCUT2D eigenvalue weighted by Gasteiger charge is 2.27. The molecular formula is C25H35N7O3. The van der Waals surface area contributed by atoms with Gasteiger partial charge in [0.15, 0.2) is 5.65 Å². The van der Waals surface area contributed by atoms with E-state index in [4.69, 9.17) is 25.3 Å². The topological polar surface area (TPSA) is 110 Å². The molecule has 0 saturated carbocycles. The number of nitrogens with zero attached hydrogens (tertiary/aromatic N) is 5. The van der Waals surface area contributed by atoms with Crippen molar-refractivity contribution < 1.29 is 14.3 Å². The summed E-state index contributed by atoms with van der Waals surface area (Å²) in [7, 11) is 3.81. The second-order valence-corrected chi connectivity index (χ2v) is 8.78. The second-order valence-electron chi connectivity index (χ2n) is 8.78. The molecule has 0 unspecified atom stereocenters. The van der Waals surface area contributed by atoms with Crippen LogP contribution in [0.2, 0.25) is 0 Å². The summed E-state index contributed by atoms with van der Waals surface area (Å²) < 4.78 is 13.6. The summed E-state index contributed by atoms with van der Waals surface area (Å²) in [6.45, 7) is 7.10. The van der Waals surface area contributed by atoms with Gasteiger partial charge in [-0.25, -0.2) is 4.98 Å². The quantitative estimate of drug-likeness (QED) is 0.585. The Balaban J connectivity index is 1.80. The molecule has 1 amide bonds. The minimum absolute atomic E-state index is 0.115. The van der Waals surface area contributed by atoms with E-state index in [1.807, 2.05) is 55.9 Å². The average Bonchev–Trinajstić information content (AvgIpc) is 3.27. The number of hydrogen-bond acceptors (Lipinski definition) is 8. The Kier molecular flexibility index (Phi) is 7.72. The van der Waals surface area contributed by atoms with Gasteiger partial charge < -0.3 is 30.3 Å². The summed E-state index contributed by atoms with van der Waals surface area (Å²) in [6, 6.07) is 9.35. The number of fused-ring (bicyclic) bond motifs is 2. The fourth-order valence-corrected chi connectivity index (χ4v) is 4.28. The number of aromatic nitrogens is 3. The maximum atomic E-state index is 13.6. The van der Waals surface area contributed by atoms with Crippen LogP contribution >= 0.6 is 0 Å². The number of aryl methyl sites for hydroxylation is 1. The summed E-state index contributed by atoms with van der Waals surface area (Å²) >= 11 is 0. The van der Waals surface area contributed by atoms with E-state index in [-0.39, 0.29) is 11.9 Å². The van der Waals surface area contributed by atoms with Crippen LogP contribution in [0.1, 0.15) is 41.0 Å². The zero-order valence-electron chi connectivity index (χ0n) is 21.0. The van der Waals surface area contributed by atoms with Gasteiger partial charge in [0, 0.05) is 45.9 Å². The zero-order valence-corrected chi connectivity index (χ0v) is 21.0. The van der Waals surface area contributed by atoms with Crippen molar-refractivity contribution in [2.45, 2.75) is 26.3 Å². The number of ether oxygens (including phenoxy) is 2. The van der Waals surface area contributed by atoms with Crippen LogP contribution in [0, 0.1) is 6.92 Å². The van der Waals surface area contributed by atoms with Crippen molar-refractivity contribution in [2.75, 3.05) is 63.8 Å². The van der Waals surface area contributed by atoms with E-state index in [1.54, 1.807) is 4.90 Å². The molecule has 188 valence electrons. The highest BCUT2D eigenvalue weighted by atomic mass is 16.5. The third-order valence-corrected chi connectivity index (χ3v) is 6.21. The van der Waals surface area contributed by atoms with E-state index in [0.29, 0.717) is 62.8 Å². The first-order valence-corrected chi connectivity index (χ1v) is 12.1. The molecule has 0 fully saturated rings. The first kappa shape index (κ1) is 24.7. The van der Waals surface area contributed by atoms with Gasteiger partial charge >= 0.3 is 0 Å². The lowest BCUT2D eigenvalue weighted by Crippen LogP contribution is -2.32. The monoisotopic (exact) mass is 481 g/mol. The van der Waals surface area contributed by atoms with Crippen molar-refractivity contribution in [3.8, 4) is 5.75 Å². The lowest BCUT2D eigenvalue weighted by molar-refractivity contribution is 0.0711. The Morgan fingerprint density at radius 3 is 2.77 bits per heavy atom. The normalized spacial score (nSPS) is 17.5. The molecule has 3 aromatic rings. The third-order valence-electron chi connectivity index (χ3n) is 6.21. The van der Waals surface area contributed by atoms with Crippen LogP contribution in [0.4, 0.5) is 11.6 Å². The van der Waals surface area contributed by atoms with Crippen LogP contribution in [-0.4, -0.2) is 79.0 Å². The Bertz CT molecular complexity index is 1180. The SMILES string of the molecule is CC[C@H]1c2cc3nc(NCCN)cc(n3n2)N(C)CCOCCOc2ccc(C)cc2C(=O)N1C. The Morgan fingerprint density at radius 2 is 2.00 bits per heavy atom. The molecule has 2 bridgehead atoms. The molecule has 35 heavy (non-hydrogen) atoms. The van der Waals surface area contributed by atoms with Crippen LogP contribution in [-0.2, 0) is 4.74 Å². The number of carbonyl (C=O) groups excluding carboxylic acids is 1. The fraction of sp³-hybridized carbons (Fsp3) is 0.480. The number of likely N-dealkylation sites (N-methyl/N-ethyl adjacent to an activating group) is 1. The number of amides is 1. The molecule has 0 radical (unpaired) electrons. The van der Waals surface area contributed by atoms with Crippen LogP contribution in [0.15, 0.2) is 30.3 Å². The van der Waals surface area contributed by atoms with Crippen molar-refractivity contribution in [2.24, 2.45) is 5.73 Å². The van der Waals surface area contributed by atoms with E-state index < -0.39 is 0 Å². The largest absolute Gasteiger partial charge is 0.490 e.